The number of rotatable bonds is 5. The van der Waals surface area contributed by atoms with Crippen molar-refractivity contribution >= 4 is 44.6 Å². The molecule has 142 valence electrons. The minimum Gasteiger partial charge on any atom is -0.482 e. The summed E-state index contributed by atoms with van der Waals surface area (Å²) in [6.45, 7) is 1.35. The minimum absolute atomic E-state index is 0.00936. The zero-order valence-electron chi connectivity index (χ0n) is 14.4. The van der Waals surface area contributed by atoms with E-state index in [9.17, 15) is 18.0 Å². The Morgan fingerprint density at radius 3 is 2.81 bits per heavy atom. The van der Waals surface area contributed by atoms with Gasteiger partial charge in [0.1, 0.15) is 5.75 Å². The fraction of sp³-hybridized carbons (Fsp3) is 0.222. The van der Waals surface area contributed by atoms with Crippen molar-refractivity contribution in [2.75, 3.05) is 17.2 Å². The number of carbonyl (C=O) groups is 2. The van der Waals surface area contributed by atoms with Crippen molar-refractivity contribution in [2.24, 2.45) is 0 Å². The van der Waals surface area contributed by atoms with Crippen LogP contribution in [0.3, 0.4) is 0 Å². The van der Waals surface area contributed by atoms with E-state index in [2.05, 4.69) is 10.6 Å². The van der Waals surface area contributed by atoms with Crippen molar-refractivity contribution in [2.45, 2.75) is 23.5 Å². The number of hydrogen-bond donors (Lipinski definition) is 2. The monoisotopic (exact) mass is 408 g/mol. The molecule has 1 aliphatic rings. The average Bonchev–Trinajstić information content (AvgIpc) is 2.60. The standard InChI is InChI=1S/C18H17ClN2O5S/c1-11(7-17(22)20-13-4-2-3-12(19)8-13)27(24,25)14-5-6-16-15(9-14)21-18(23)10-26-16/h2-6,8-9,11H,7,10H2,1H3,(H,20,22)(H,21,23). The van der Waals surface area contributed by atoms with Gasteiger partial charge in [0.05, 0.1) is 15.8 Å². The summed E-state index contributed by atoms with van der Waals surface area (Å²) in [5.41, 5.74) is 0.786. The van der Waals surface area contributed by atoms with Crippen LogP contribution in [0, 0.1) is 0 Å². The lowest BCUT2D eigenvalue weighted by Crippen LogP contribution is -2.27. The molecule has 0 radical (unpaired) electrons. The highest BCUT2D eigenvalue weighted by molar-refractivity contribution is 7.92. The van der Waals surface area contributed by atoms with Crippen molar-refractivity contribution in [3.8, 4) is 5.75 Å². The van der Waals surface area contributed by atoms with Gasteiger partial charge in [0.25, 0.3) is 5.91 Å². The first-order chi connectivity index (χ1) is 12.8. The molecule has 2 aromatic rings. The predicted molar refractivity (Wildman–Crippen MR) is 102 cm³/mol. The van der Waals surface area contributed by atoms with E-state index < -0.39 is 21.0 Å². The molecular weight excluding hydrogens is 392 g/mol. The van der Waals surface area contributed by atoms with Crippen LogP contribution < -0.4 is 15.4 Å². The largest absolute Gasteiger partial charge is 0.482 e. The van der Waals surface area contributed by atoms with E-state index in [1.165, 1.54) is 25.1 Å². The van der Waals surface area contributed by atoms with E-state index in [4.69, 9.17) is 16.3 Å². The maximum Gasteiger partial charge on any atom is 0.262 e. The summed E-state index contributed by atoms with van der Waals surface area (Å²) in [5.74, 6) is -0.395. The molecule has 0 aromatic heterocycles. The van der Waals surface area contributed by atoms with E-state index in [1.54, 1.807) is 24.3 Å². The fourth-order valence-corrected chi connectivity index (χ4v) is 4.19. The highest BCUT2D eigenvalue weighted by Gasteiger charge is 2.27. The average molecular weight is 409 g/mol. The predicted octanol–water partition coefficient (Wildman–Crippen LogP) is 2.86. The lowest BCUT2D eigenvalue weighted by atomic mass is 10.2. The van der Waals surface area contributed by atoms with Crippen LogP contribution >= 0.6 is 11.6 Å². The summed E-state index contributed by atoms with van der Waals surface area (Å²) in [5, 5.41) is 4.70. The van der Waals surface area contributed by atoms with Gasteiger partial charge in [-0.3, -0.25) is 9.59 Å². The lowest BCUT2D eigenvalue weighted by Gasteiger charge is -2.19. The van der Waals surface area contributed by atoms with Crippen LogP contribution in [-0.2, 0) is 19.4 Å². The molecule has 1 aliphatic heterocycles. The van der Waals surface area contributed by atoms with Gasteiger partial charge in [-0.05, 0) is 43.3 Å². The van der Waals surface area contributed by atoms with Crippen LogP contribution in [0.4, 0.5) is 11.4 Å². The van der Waals surface area contributed by atoms with E-state index in [0.717, 1.165) is 0 Å². The van der Waals surface area contributed by atoms with Gasteiger partial charge in [0.2, 0.25) is 5.91 Å². The van der Waals surface area contributed by atoms with E-state index in [1.807, 2.05) is 0 Å². The molecule has 0 aliphatic carbocycles. The molecule has 1 atom stereocenters. The number of benzene rings is 2. The quantitative estimate of drug-likeness (QED) is 0.792. The third-order valence-corrected chi connectivity index (χ3v) is 6.40. The SMILES string of the molecule is CC(CC(=O)Nc1cccc(Cl)c1)S(=O)(=O)c1ccc2c(c1)NC(=O)CO2. The number of fused-ring (bicyclic) bond motifs is 1. The number of amides is 2. The Balaban J connectivity index is 1.73. The van der Waals surface area contributed by atoms with Crippen LogP contribution in [0.15, 0.2) is 47.4 Å². The summed E-state index contributed by atoms with van der Waals surface area (Å²) in [7, 11) is -3.78. The van der Waals surface area contributed by atoms with Gasteiger partial charge in [0, 0.05) is 17.1 Å². The molecule has 0 spiro atoms. The van der Waals surface area contributed by atoms with Crippen LogP contribution in [-0.4, -0.2) is 32.1 Å². The minimum atomic E-state index is -3.78. The highest BCUT2D eigenvalue weighted by Crippen LogP contribution is 2.31. The second-order valence-electron chi connectivity index (χ2n) is 6.11. The van der Waals surface area contributed by atoms with Gasteiger partial charge in [-0.1, -0.05) is 17.7 Å². The van der Waals surface area contributed by atoms with Crippen LogP contribution in [0.2, 0.25) is 5.02 Å². The molecule has 27 heavy (non-hydrogen) atoms. The molecule has 7 nitrogen and oxygen atoms in total. The highest BCUT2D eigenvalue weighted by atomic mass is 35.5. The number of ether oxygens (including phenoxy) is 1. The van der Waals surface area contributed by atoms with Crippen LogP contribution in [0.5, 0.6) is 5.75 Å². The number of carbonyl (C=O) groups excluding carboxylic acids is 2. The molecule has 0 saturated heterocycles. The van der Waals surface area contributed by atoms with Gasteiger partial charge in [-0.15, -0.1) is 0 Å². The van der Waals surface area contributed by atoms with E-state index in [-0.39, 0.29) is 23.8 Å². The zero-order chi connectivity index (χ0) is 19.6. The van der Waals surface area contributed by atoms with Crippen LogP contribution in [0.25, 0.3) is 0 Å². The second-order valence-corrected chi connectivity index (χ2v) is 8.92. The van der Waals surface area contributed by atoms with Crippen molar-refractivity contribution < 1.29 is 22.7 Å². The Morgan fingerprint density at radius 1 is 1.30 bits per heavy atom. The van der Waals surface area contributed by atoms with E-state index in [0.29, 0.717) is 22.1 Å². The molecule has 1 heterocycles. The van der Waals surface area contributed by atoms with Gasteiger partial charge < -0.3 is 15.4 Å². The van der Waals surface area contributed by atoms with Crippen molar-refractivity contribution in [3.63, 3.8) is 0 Å². The summed E-state index contributed by atoms with van der Waals surface area (Å²) in [6.07, 6.45) is -0.227. The third kappa shape index (κ3) is 4.40. The Bertz CT molecular complexity index is 1010. The first kappa shape index (κ1) is 19.2. The van der Waals surface area contributed by atoms with Gasteiger partial charge in [-0.2, -0.15) is 0 Å². The second kappa shape index (κ2) is 7.58. The van der Waals surface area contributed by atoms with Crippen molar-refractivity contribution in [3.05, 3.63) is 47.5 Å². The summed E-state index contributed by atoms with van der Waals surface area (Å²) < 4.78 is 30.8. The van der Waals surface area contributed by atoms with Gasteiger partial charge in [0.15, 0.2) is 16.4 Å². The maximum absolute atomic E-state index is 12.8. The number of halogens is 1. The van der Waals surface area contributed by atoms with Crippen molar-refractivity contribution in [1.82, 2.24) is 0 Å². The molecule has 2 N–H and O–H groups in total. The third-order valence-electron chi connectivity index (χ3n) is 4.02. The molecule has 3 rings (SSSR count). The number of nitrogens with one attached hydrogen (secondary N) is 2. The molecule has 9 heteroatoms. The molecular formula is C18H17ClN2O5S. The Hall–Kier alpha value is -2.58. The number of anilines is 2. The zero-order valence-corrected chi connectivity index (χ0v) is 15.9. The summed E-state index contributed by atoms with van der Waals surface area (Å²) in [4.78, 5) is 23.6. The molecule has 0 saturated carbocycles. The summed E-state index contributed by atoms with van der Waals surface area (Å²) in [6, 6.07) is 10.8. The molecule has 2 amide bonds. The first-order valence-corrected chi connectivity index (χ1v) is 10.0. The Labute approximate surface area is 161 Å². The van der Waals surface area contributed by atoms with Crippen molar-refractivity contribution in [1.29, 1.82) is 0 Å². The smallest absolute Gasteiger partial charge is 0.262 e. The Kier molecular flexibility index (Phi) is 5.38. The number of hydrogen-bond acceptors (Lipinski definition) is 5. The maximum atomic E-state index is 12.8. The molecule has 1 unspecified atom stereocenters. The Morgan fingerprint density at radius 2 is 2.07 bits per heavy atom. The topological polar surface area (TPSA) is 102 Å². The fourth-order valence-electron chi connectivity index (χ4n) is 2.62. The lowest BCUT2D eigenvalue weighted by molar-refractivity contribution is -0.118. The molecule has 2 aromatic carbocycles. The summed E-state index contributed by atoms with van der Waals surface area (Å²) >= 11 is 5.87. The van der Waals surface area contributed by atoms with Crippen LogP contribution in [0.1, 0.15) is 13.3 Å². The molecule has 0 bridgehead atoms. The van der Waals surface area contributed by atoms with E-state index >= 15 is 0 Å². The number of sulfone groups is 1. The molecule has 0 fully saturated rings. The normalized spacial score (nSPS) is 14.5. The first-order valence-electron chi connectivity index (χ1n) is 8.12. The van der Waals surface area contributed by atoms with Gasteiger partial charge >= 0.3 is 0 Å². The van der Waals surface area contributed by atoms with Gasteiger partial charge in [-0.25, -0.2) is 8.42 Å².